The van der Waals surface area contributed by atoms with Crippen molar-refractivity contribution < 1.29 is 18.1 Å². The molecule has 8 nitrogen and oxygen atoms in total. The Morgan fingerprint density at radius 1 is 1.43 bits per heavy atom. The third-order valence-electron chi connectivity index (χ3n) is 3.29. The van der Waals surface area contributed by atoms with Crippen molar-refractivity contribution in [2.24, 2.45) is 5.14 Å². The number of hydrogen-bond donors (Lipinski definition) is 2. The normalized spacial score (nSPS) is 19.2. The van der Waals surface area contributed by atoms with Gasteiger partial charge in [0.1, 0.15) is 10.6 Å². The number of anilines is 1. The number of para-hydroxylation sites is 1. The van der Waals surface area contributed by atoms with Gasteiger partial charge in [-0.1, -0.05) is 6.07 Å². The van der Waals surface area contributed by atoms with Crippen LogP contribution < -0.4 is 10.5 Å². The zero-order valence-corrected chi connectivity index (χ0v) is 12.1. The lowest BCUT2D eigenvalue weighted by Crippen LogP contribution is -2.28. The number of ether oxygens (including phenoxy) is 1. The van der Waals surface area contributed by atoms with Crippen LogP contribution in [0.3, 0.4) is 0 Å². The van der Waals surface area contributed by atoms with Crippen molar-refractivity contribution in [2.45, 2.75) is 30.3 Å². The summed E-state index contributed by atoms with van der Waals surface area (Å²) in [5.74, 6) is 0. The molecule has 1 saturated heterocycles. The number of sulfonamides is 1. The van der Waals surface area contributed by atoms with Gasteiger partial charge in [-0.15, -0.1) is 0 Å². The number of primary sulfonamides is 1. The fourth-order valence-electron chi connectivity index (χ4n) is 2.27. The minimum absolute atomic E-state index is 0.0841. The van der Waals surface area contributed by atoms with E-state index in [0.717, 1.165) is 19.3 Å². The smallest absolute Gasteiger partial charge is 0.293 e. The summed E-state index contributed by atoms with van der Waals surface area (Å²) in [6.45, 7) is 0.943. The van der Waals surface area contributed by atoms with Gasteiger partial charge in [-0.3, -0.25) is 10.1 Å². The SMILES string of the molecule is NS(=O)(=O)c1cccc([N+](=O)[O-])c1NCC1CCCCO1. The molecule has 9 heteroatoms. The molecule has 1 fully saturated rings. The molecule has 1 aliphatic rings. The number of nitro benzene ring substituents is 1. The van der Waals surface area contributed by atoms with Crippen LogP contribution in [-0.2, 0) is 14.8 Å². The lowest BCUT2D eigenvalue weighted by molar-refractivity contribution is -0.384. The zero-order chi connectivity index (χ0) is 15.5. The van der Waals surface area contributed by atoms with Crippen molar-refractivity contribution in [1.29, 1.82) is 0 Å². The van der Waals surface area contributed by atoms with Crippen LogP contribution in [0, 0.1) is 10.1 Å². The Balaban J connectivity index is 2.28. The topological polar surface area (TPSA) is 125 Å². The number of nitrogens with zero attached hydrogens (tertiary/aromatic N) is 1. The highest BCUT2D eigenvalue weighted by Gasteiger charge is 2.24. The van der Waals surface area contributed by atoms with Crippen LogP contribution in [0.1, 0.15) is 19.3 Å². The lowest BCUT2D eigenvalue weighted by atomic mass is 10.1. The first kappa shape index (κ1) is 15.7. The number of hydrogen-bond acceptors (Lipinski definition) is 6. The van der Waals surface area contributed by atoms with Crippen molar-refractivity contribution >= 4 is 21.4 Å². The quantitative estimate of drug-likeness (QED) is 0.622. The molecule has 0 amide bonds. The molecule has 3 N–H and O–H groups in total. The lowest BCUT2D eigenvalue weighted by Gasteiger charge is -2.23. The van der Waals surface area contributed by atoms with Gasteiger partial charge in [0, 0.05) is 19.2 Å². The number of nitro groups is 1. The molecule has 1 aromatic carbocycles. The summed E-state index contributed by atoms with van der Waals surface area (Å²) in [6, 6.07) is 3.77. The van der Waals surface area contributed by atoms with E-state index in [-0.39, 0.29) is 22.4 Å². The van der Waals surface area contributed by atoms with Gasteiger partial charge in [-0.25, -0.2) is 13.6 Å². The minimum atomic E-state index is -4.05. The van der Waals surface area contributed by atoms with Crippen LogP contribution in [0.15, 0.2) is 23.1 Å². The predicted octanol–water partition coefficient (Wildman–Crippen LogP) is 1.22. The fraction of sp³-hybridized carbons (Fsp3) is 0.500. The Morgan fingerprint density at radius 3 is 2.76 bits per heavy atom. The van der Waals surface area contributed by atoms with E-state index in [9.17, 15) is 18.5 Å². The summed E-state index contributed by atoms with van der Waals surface area (Å²) in [7, 11) is -4.05. The zero-order valence-electron chi connectivity index (χ0n) is 11.3. The molecule has 1 unspecified atom stereocenters. The molecule has 21 heavy (non-hydrogen) atoms. The Hall–Kier alpha value is -1.71. The Kier molecular flexibility index (Phi) is 4.76. The van der Waals surface area contributed by atoms with Gasteiger partial charge in [0.25, 0.3) is 5.69 Å². The number of nitrogens with one attached hydrogen (secondary N) is 1. The van der Waals surface area contributed by atoms with Gasteiger partial charge in [-0.05, 0) is 25.3 Å². The third-order valence-corrected chi connectivity index (χ3v) is 4.24. The molecular formula is C12H17N3O5S. The number of rotatable bonds is 5. The van der Waals surface area contributed by atoms with E-state index >= 15 is 0 Å². The molecule has 116 valence electrons. The van der Waals surface area contributed by atoms with Crippen molar-refractivity contribution in [3.05, 3.63) is 28.3 Å². The Morgan fingerprint density at radius 2 is 2.19 bits per heavy atom. The molecule has 1 atom stereocenters. The first-order chi connectivity index (χ1) is 9.89. The monoisotopic (exact) mass is 315 g/mol. The maximum absolute atomic E-state index is 11.6. The molecule has 1 heterocycles. The Labute approximate surface area is 122 Å². The van der Waals surface area contributed by atoms with Crippen LogP contribution in [0.4, 0.5) is 11.4 Å². The first-order valence-corrected chi connectivity index (χ1v) is 8.10. The van der Waals surface area contributed by atoms with E-state index in [1.807, 2.05) is 0 Å². The van der Waals surface area contributed by atoms with Crippen LogP contribution in [0.25, 0.3) is 0 Å². The third kappa shape index (κ3) is 3.90. The molecule has 0 spiro atoms. The molecule has 1 aromatic rings. The maximum Gasteiger partial charge on any atom is 0.293 e. The summed E-state index contributed by atoms with van der Waals surface area (Å²) < 4.78 is 28.6. The molecule has 0 bridgehead atoms. The molecule has 0 aromatic heterocycles. The van der Waals surface area contributed by atoms with Crippen molar-refractivity contribution in [2.75, 3.05) is 18.5 Å². The molecular weight excluding hydrogens is 298 g/mol. The van der Waals surface area contributed by atoms with Crippen LogP contribution in [0.5, 0.6) is 0 Å². The summed E-state index contributed by atoms with van der Waals surface area (Å²) in [6.07, 6.45) is 2.75. The van der Waals surface area contributed by atoms with Gasteiger partial charge in [0.2, 0.25) is 10.0 Å². The molecule has 0 aliphatic carbocycles. The second-order valence-electron chi connectivity index (χ2n) is 4.82. The molecule has 2 rings (SSSR count). The second kappa shape index (κ2) is 6.37. The fourth-order valence-corrected chi connectivity index (χ4v) is 3.00. The first-order valence-electron chi connectivity index (χ1n) is 6.55. The largest absolute Gasteiger partial charge is 0.376 e. The van der Waals surface area contributed by atoms with Crippen molar-refractivity contribution in [1.82, 2.24) is 0 Å². The summed E-state index contributed by atoms with van der Waals surface area (Å²) in [4.78, 5) is 10.1. The number of nitrogens with two attached hydrogens (primary N) is 1. The standard InChI is InChI=1S/C12H17N3O5S/c13-21(18,19)11-6-3-5-10(15(16)17)12(11)14-8-9-4-1-2-7-20-9/h3,5-6,9,14H,1-2,4,7-8H2,(H2,13,18,19). The van der Waals surface area contributed by atoms with E-state index in [1.165, 1.54) is 18.2 Å². The summed E-state index contributed by atoms with van der Waals surface area (Å²) in [5, 5.41) is 19.0. The highest BCUT2D eigenvalue weighted by molar-refractivity contribution is 7.89. The van der Waals surface area contributed by atoms with Gasteiger partial charge < -0.3 is 10.1 Å². The molecule has 0 saturated carbocycles. The second-order valence-corrected chi connectivity index (χ2v) is 6.35. The average Bonchev–Trinajstić information content (AvgIpc) is 2.44. The minimum Gasteiger partial charge on any atom is -0.376 e. The summed E-state index contributed by atoms with van der Waals surface area (Å²) >= 11 is 0. The van der Waals surface area contributed by atoms with Crippen molar-refractivity contribution in [3.8, 4) is 0 Å². The number of benzene rings is 1. The Bertz CT molecular complexity index is 626. The van der Waals surface area contributed by atoms with Gasteiger partial charge in [0.15, 0.2) is 0 Å². The van der Waals surface area contributed by atoms with Gasteiger partial charge in [-0.2, -0.15) is 0 Å². The van der Waals surface area contributed by atoms with Crippen molar-refractivity contribution in [3.63, 3.8) is 0 Å². The predicted molar refractivity (Wildman–Crippen MR) is 76.6 cm³/mol. The molecule has 1 aliphatic heterocycles. The van der Waals surface area contributed by atoms with Crippen LogP contribution in [0.2, 0.25) is 0 Å². The van der Waals surface area contributed by atoms with Crippen LogP contribution in [-0.4, -0.2) is 32.6 Å². The highest BCUT2D eigenvalue weighted by atomic mass is 32.2. The summed E-state index contributed by atoms with van der Waals surface area (Å²) in [5.41, 5.74) is -0.406. The van der Waals surface area contributed by atoms with E-state index < -0.39 is 14.9 Å². The van der Waals surface area contributed by atoms with E-state index in [1.54, 1.807) is 0 Å². The van der Waals surface area contributed by atoms with Gasteiger partial charge >= 0.3 is 0 Å². The van der Waals surface area contributed by atoms with E-state index in [0.29, 0.717) is 13.2 Å². The average molecular weight is 315 g/mol. The van der Waals surface area contributed by atoms with Crippen LogP contribution >= 0.6 is 0 Å². The maximum atomic E-state index is 11.6. The van der Waals surface area contributed by atoms with E-state index in [2.05, 4.69) is 5.32 Å². The highest BCUT2D eigenvalue weighted by Crippen LogP contribution is 2.31. The van der Waals surface area contributed by atoms with E-state index in [4.69, 9.17) is 9.88 Å². The van der Waals surface area contributed by atoms with Gasteiger partial charge in [0.05, 0.1) is 11.0 Å². The molecule has 0 radical (unpaired) electrons.